The van der Waals surface area contributed by atoms with Crippen molar-refractivity contribution in [3.63, 3.8) is 0 Å². The molecule has 1 aromatic rings. The van der Waals surface area contributed by atoms with E-state index in [0.717, 1.165) is 47.5 Å². The highest BCUT2D eigenvalue weighted by atomic mass is 16.5. The van der Waals surface area contributed by atoms with E-state index in [1.54, 1.807) is 0 Å². The fraction of sp³-hybridized carbons (Fsp3) is 0.696. The van der Waals surface area contributed by atoms with Gasteiger partial charge in [0.1, 0.15) is 18.5 Å². The molecule has 27 heavy (non-hydrogen) atoms. The molecule has 5 aliphatic carbocycles. The zero-order valence-electron chi connectivity index (χ0n) is 16.1. The van der Waals surface area contributed by atoms with Gasteiger partial charge in [0.05, 0.1) is 0 Å². The topological polar surface area (TPSA) is 58.6 Å². The highest BCUT2D eigenvalue weighted by molar-refractivity contribution is 5.99. The van der Waals surface area contributed by atoms with E-state index in [9.17, 15) is 9.90 Å². The Morgan fingerprint density at radius 2 is 1.81 bits per heavy atom. The Bertz CT molecular complexity index is 693. The van der Waals surface area contributed by atoms with Crippen LogP contribution in [0.4, 0.5) is 0 Å². The van der Waals surface area contributed by atoms with Gasteiger partial charge in [0.15, 0.2) is 5.78 Å². The molecule has 0 amide bonds. The number of ketones is 1. The Morgan fingerprint density at radius 3 is 2.52 bits per heavy atom. The second kappa shape index (κ2) is 6.89. The summed E-state index contributed by atoms with van der Waals surface area (Å²) in [5.74, 6) is 3.71. The van der Waals surface area contributed by atoms with E-state index in [1.165, 1.54) is 38.5 Å². The predicted octanol–water partition coefficient (Wildman–Crippen LogP) is 3.50. The zero-order valence-corrected chi connectivity index (χ0v) is 16.1. The lowest BCUT2D eigenvalue weighted by Crippen LogP contribution is -2.59. The van der Waals surface area contributed by atoms with Crippen LogP contribution in [0, 0.1) is 17.8 Å². The third-order valence-corrected chi connectivity index (χ3v) is 7.45. The van der Waals surface area contributed by atoms with Crippen LogP contribution in [0.1, 0.15) is 67.3 Å². The number of hydrogen-bond acceptors (Lipinski definition) is 4. The van der Waals surface area contributed by atoms with Gasteiger partial charge in [-0.2, -0.15) is 0 Å². The van der Waals surface area contributed by atoms with Gasteiger partial charge in [-0.05, 0) is 75.2 Å². The summed E-state index contributed by atoms with van der Waals surface area (Å²) in [5, 5.41) is 14.3. The molecule has 0 unspecified atom stereocenters. The van der Waals surface area contributed by atoms with Crippen molar-refractivity contribution in [2.75, 3.05) is 13.2 Å². The number of rotatable bonds is 6. The number of nitrogens with one attached hydrogen (secondary N) is 1. The van der Waals surface area contributed by atoms with Gasteiger partial charge in [0, 0.05) is 29.6 Å². The van der Waals surface area contributed by atoms with Gasteiger partial charge in [-0.25, -0.2) is 0 Å². The SMILES string of the molecule is O=C1CCCc2c(OC[C@@H](O)CNC34CC5CC(CC(C5)C3)C4)cccc21. The summed E-state index contributed by atoms with van der Waals surface area (Å²) < 4.78 is 5.94. The Labute approximate surface area is 161 Å². The lowest BCUT2D eigenvalue weighted by molar-refractivity contribution is -0.0267. The average molecular weight is 370 g/mol. The second-order valence-electron chi connectivity index (χ2n) is 9.60. The number of carbonyl (C=O) groups is 1. The van der Waals surface area contributed by atoms with E-state index in [0.29, 0.717) is 13.0 Å². The van der Waals surface area contributed by atoms with E-state index >= 15 is 0 Å². The molecule has 0 saturated heterocycles. The molecule has 2 N–H and O–H groups in total. The lowest BCUT2D eigenvalue weighted by Gasteiger charge is -2.57. The number of carbonyl (C=O) groups excluding carboxylic acids is 1. The number of aliphatic hydroxyl groups is 1. The molecule has 6 rings (SSSR count). The molecular formula is C23H31NO3. The fourth-order valence-electron chi connectivity index (χ4n) is 6.69. The zero-order chi connectivity index (χ0) is 18.4. The van der Waals surface area contributed by atoms with Gasteiger partial charge in [-0.15, -0.1) is 0 Å². The molecule has 1 aromatic carbocycles. The minimum Gasteiger partial charge on any atom is -0.491 e. The first-order valence-electron chi connectivity index (χ1n) is 10.8. The summed E-state index contributed by atoms with van der Waals surface area (Å²) in [7, 11) is 0. The molecule has 0 aliphatic heterocycles. The first kappa shape index (κ1) is 17.7. The monoisotopic (exact) mass is 369 g/mol. The van der Waals surface area contributed by atoms with Crippen molar-refractivity contribution < 1.29 is 14.6 Å². The van der Waals surface area contributed by atoms with Crippen LogP contribution in [-0.2, 0) is 6.42 Å². The number of β-amino-alcohol motifs (C(OH)–C–C–N with tert-alkyl or cyclic N) is 1. The summed E-state index contributed by atoms with van der Waals surface area (Å²) in [5.41, 5.74) is 2.10. The maximum atomic E-state index is 12.1. The first-order chi connectivity index (χ1) is 13.1. The molecule has 0 radical (unpaired) electrons. The molecule has 0 aromatic heterocycles. The second-order valence-corrected chi connectivity index (χ2v) is 9.60. The van der Waals surface area contributed by atoms with Crippen molar-refractivity contribution in [2.24, 2.45) is 17.8 Å². The van der Waals surface area contributed by atoms with Gasteiger partial charge in [-0.1, -0.05) is 12.1 Å². The van der Waals surface area contributed by atoms with Crippen molar-refractivity contribution >= 4 is 5.78 Å². The predicted molar refractivity (Wildman–Crippen MR) is 104 cm³/mol. The third-order valence-electron chi connectivity index (χ3n) is 7.45. The van der Waals surface area contributed by atoms with E-state index in [2.05, 4.69) is 5.32 Å². The number of aliphatic hydroxyl groups excluding tert-OH is 1. The summed E-state index contributed by atoms with van der Waals surface area (Å²) in [6.07, 6.45) is 10.1. The van der Waals surface area contributed by atoms with Crippen molar-refractivity contribution in [3.8, 4) is 5.75 Å². The number of fused-ring (bicyclic) bond motifs is 1. The fourth-order valence-corrected chi connectivity index (χ4v) is 6.69. The molecule has 4 heteroatoms. The van der Waals surface area contributed by atoms with Crippen LogP contribution in [-0.4, -0.2) is 35.7 Å². The standard InChI is InChI=1S/C23H31NO3/c25-18(13-24-23-10-15-7-16(11-23)9-17(8-15)12-23)14-27-22-6-2-3-19-20(22)4-1-5-21(19)26/h2-3,6,15-18,24-25H,1,4-5,7-14H2/t15?,16?,17?,18-,23?/m0/s1. The molecule has 0 heterocycles. The van der Waals surface area contributed by atoms with Crippen LogP contribution in [0.3, 0.4) is 0 Å². The van der Waals surface area contributed by atoms with Gasteiger partial charge in [0.25, 0.3) is 0 Å². The van der Waals surface area contributed by atoms with Crippen molar-refractivity contribution in [3.05, 3.63) is 29.3 Å². The Morgan fingerprint density at radius 1 is 1.11 bits per heavy atom. The normalized spacial score (nSPS) is 35.1. The highest BCUT2D eigenvalue weighted by Gasteiger charge is 2.50. The van der Waals surface area contributed by atoms with Crippen molar-refractivity contribution in [1.82, 2.24) is 5.32 Å². The Balaban J connectivity index is 1.17. The molecule has 4 bridgehead atoms. The van der Waals surface area contributed by atoms with Gasteiger partial charge >= 0.3 is 0 Å². The Hall–Kier alpha value is -1.39. The van der Waals surface area contributed by atoms with Crippen molar-refractivity contribution in [1.29, 1.82) is 0 Å². The smallest absolute Gasteiger partial charge is 0.163 e. The van der Waals surface area contributed by atoms with Gasteiger partial charge < -0.3 is 15.2 Å². The van der Waals surface area contributed by atoms with E-state index < -0.39 is 6.10 Å². The number of ether oxygens (including phenoxy) is 1. The van der Waals surface area contributed by atoms with Gasteiger partial charge in [-0.3, -0.25) is 4.79 Å². The van der Waals surface area contributed by atoms with E-state index in [4.69, 9.17) is 4.74 Å². The third kappa shape index (κ3) is 3.42. The minimum absolute atomic E-state index is 0.214. The van der Waals surface area contributed by atoms with E-state index in [-0.39, 0.29) is 17.9 Å². The largest absolute Gasteiger partial charge is 0.491 e. The maximum Gasteiger partial charge on any atom is 0.163 e. The number of Topliss-reactive ketones (excluding diaryl/α,β-unsaturated/α-hetero) is 1. The molecule has 146 valence electrons. The van der Waals surface area contributed by atoms with Crippen molar-refractivity contribution in [2.45, 2.75) is 69.4 Å². The molecule has 0 spiro atoms. The molecule has 1 atom stereocenters. The summed E-state index contributed by atoms with van der Waals surface area (Å²) in [6, 6.07) is 5.71. The lowest BCUT2D eigenvalue weighted by atomic mass is 9.53. The van der Waals surface area contributed by atoms with Crippen LogP contribution in [0.2, 0.25) is 0 Å². The quantitative estimate of drug-likeness (QED) is 0.806. The Kier molecular flexibility index (Phi) is 4.52. The van der Waals surface area contributed by atoms with Crippen LogP contribution >= 0.6 is 0 Å². The summed E-state index contributed by atoms with van der Waals surface area (Å²) >= 11 is 0. The molecular weight excluding hydrogens is 338 g/mol. The first-order valence-corrected chi connectivity index (χ1v) is 10.8. The molecule has 5 aliphatic rings. The average Bonchev–Trinajstić information content (AvgIpc) is 2.64. The van der Waals surface area contributed by atoms with Crippen LogP contribution < -0.4 is 10.1 Å². The maximum absolute atomic E-state index is 12.1. The molecule has 4 nitrogen and oxygen atoms in total. The van der Waals surface area contributed by atoms with E-state index in [1.807, 2.05) is 18.2 Å². The summed E-state index contributed by atoms with van der Waals surface area (Å²) in [4.78, 5) is 12.1. The van der Waals surface area contributed by atoms with Crippen LogP contribution in [0.15, 0.2) is 18.2 Å². The number of benzene rings is 1. The summed E-state index contributed by atoms with van der Waals surface area (Å²) in [6.45, 7) is 0.879. The van der Waals surface area contributed by atoms with Gasteiger partial charge in [0.2, 0.25) is 0 Å². The number of hydrogen-bond donors (Lipinski definition) is 2. The molecule has 4 saturated carbocycles. The molecule has 4 fully saturated rings. The van der Waals surface area contributed by atoms with Crippen LogP contribution in [0.5, 0.6) is 5.75 Å². The minimum atomic E-state index is -0.520. The highest BCUT2D eigenvalue weighted by Crippen LogP contribution is 2.55. The van der Waals surface area contributed by atoms with Crippen LogP contribution in [0.25, 0.3) is 0 Å².